The van der Waals surface area contributed by atoms with E-state index in [-0.39, 0.29) is 54.3 Å². The highest BCUT2D eigenvalue weighted by Gasteiger charge is 2.44. The lowest BCUT2D eigenvalue weighted by Gasteiger charge is -2.43. The number of nitrogens with zero attached hydrogens (tertiary/aromatic N) is 2. The van der Waals surface area contributed by atoms with Crippen LogP contribution in [0, 0.1) is 11.8 Å². The summed E-state index contributed by atoms with van der Waals surface area (Å²) >= 11 is 0. The largest absolute Gasteiger partial charge is 0.502 e. The van der Waals surface area contributed by atoms with E-state index in [9.17, 15) is 14.7 Å². The summed E-state index contributed by atoms with van der Waals surface area (Å²) in [6.45, 7) is 5.45. The molecule has 11 heteroatoms. The minimum absolute atomic E-state index is 0.0748. The molecule has 1 aliphatic heterocycles. The van der Waals surface area contributed by atoms with Crippen molar-refractivity contribution in [1.82, 2.24) is 15.1 Å². The second kappa shape index (κ2) is 15.0. The predicted molar refractivity (Wildman–Crippen MR) is 176 cm³/mol. The van der Waals surface area contributed by atoms with Gasteiger partial charge in [0.2, 0.25) is 12.5 Å². The van der Waals surface area contributed by atoms with Gasteiger partial charge >= 0.3 is 0 Å². The lowest BCUT2D eigenvalue weighted by molar-refractivity contribution is -0.131. The number of carbonyl (C=O) groups is 2. The molecule has 0 spiro atoms. The molecule has 3 aromatic rings. The van der Waals surface area contributed by atoms with Gasteiger partial charge in [-0.2, -0.15) is 0 Å². The van der Waals surface area contributed by atoms with E-state index in [0.717, 1.165) is 48.3 Å². The minimum Gasteiger partial charge on any atom is -0.502 e. The molecule has 1 amide bonds. The number of carbonyl (C=O) groups excluding carboxylic acids is 2. The number of amides is 1. The lowest BCUT2D eigenvalue weighted by Crippen LogP contribution is -2.43. The predicted octanol–water partition coefficient (Wildman–Crippen LogP) is 4.56. The van der Waals surface area contributed by atoms with Gasteiger partial charge in [0.25, 0.3) is 12.4 Å². The maximum absolute atomic E-state index is 13.8. The lowest BCUT2D eigenvalue weighted by atomic mass is 9.65. The summed E-state index contributed by atoms with van der Waals surface area (Å²) in [5.74, 6) is 0.659. The van der Waals surface area contributed by atoms with Crippen molar-refractivity contribution in [2.45, 2.75) is 31.8 Å². The number of ether oxygens (including phenoxy) is 5. The fraction of sp³-hybridized carbons (Fsp3) is 0.444. The zero-order chi connectivity index (χ0) is 33.7. The number of nitrogens with one attached hydrogen (secondary N) is 1. The highest BCUT2D eigenvalue weighted by molar-refractivity contribution is 5.94. The number of benzene rings is 3. The normalized spacial score (nSPS) is 19.7. The van der Waals surface area contributed by atoms with E-state index in [4.69, 9.17) is 23.7 Å². The van der Waals surface area contributed by atoms with Crippen LogP contribution in [-0.2, 0) is 16.1 Å². The molecule has 1 heterocycles. The van der Waals surface area contributed by atoms with E-state index in [0.29, 0.717) is 23.5 Å². The SMILES string of the molecule is COc1cc([C@@H]2c3cc4c(cc3[C@@H](NC(=O)c3ccc(CN(C)CCCN(C)C)cc3)[C@@H](COC=O)[C@@H]2C)OCO4)cc(OC)c1O. The van der Waals surface area contributed by atoms with Gasteiger partial charge in [0.05, 0.1) is 26.9 Å². The Bertz CT molecular complexity index is 1540. The number of rotatable bonds is 14. The van der Waals surface area contributed by atoms with Crippen molar-refractivity contribution >= 4 is 12.4 Å². The van der Waals surface area contributed by atoms with Crippen molar-refractivity contribution in [1.29, 1.82) is 0 Å². The first kappa shape index (κ1) is 33.9. The Labute approximate surface area is 276 Å². The molecule has 1 aliphatic carbocycles. The Hall–Kier alpha value is -4.48. The highest BCUT2D eigenvalue weighted by atomic mass is 16.7. The molecule has 4 atom stereocenters. The van der Waals surface area contributed by atoms with Crippen LogP contribution in [0.1, 0.15) is 57.9 Å². The van der Waals surface area contributed by atoms with E-state index in [1.54, 1.807) is 12.1 Å². The van der Waals surface area contributed by atoms with E-state index in [1.165, 1.54) is 14.2 Å². The van der Waals surface area contributed by atoms with Crippen molar-refractivity contribution in [2.24, 2.45) is 11.8 Å². The summed E-state index contributed by atoms with van der Waals surface area (Å²) in [6.07, 6.45) is 1.08. The fourth-order valence-corrected chi connectivity index (χ4v) is 6.77. The highest BCUT2D eigenvalue weighted by Crippen LogP contribution is 2.53. The summed E-state index contributed by atoms with van der Waals surface area (Å²) in [7, 11) is 9.22. The quantitative estimate of drug-likeness (QED) is 0.241. The fourth-order valence-electron chi connectivity index (χ4n) is 6.77. The molecule has 47 heavy (non-hydrogen) atoms. The molecule has 252 valence electrons. The molecule has 0 bridgehead atoms. The summed E-state index contributed by atoms with van der Waals surface area (Å²) < 4.78 is 27.8. The van der Waals surface area contributed by atoms with E-state index in [2.05, 4.69) is 43.2 Å². The number of aromatic hydroxyl groups is 1. The standard InChI is InChI=1S/C36H45N3O8/c1-22-28(19-45-20-40)34(37-36(42)24-10-8-23(9-11-24)18-39(4)13-7-12-38(2)3)27-17-30-29(46-21-47-30)16-26(27)33(22)25-14-31(43-5)35(41)32(15-25)44-6/h8-11,14-17,20,22,28,33-34,41H,7,12-13,18-19,21H2,1-6H3,(H,37,42)/t22-,28-,33+,34+/m0/s1. The van der Waals surface area contributed by atoms with Gasteiger partial charge in [-0.1, -0.05) is 19.1 Å². The molecule has 0 saturated heterocycles. The average Bonchev–Trinajstić information content (AvgIpc) is 3.52. The smallest absolute Gasteiger partial charge is 0.293 e. The molecule has 11 nitrogen and oxygen atoms in total. The minimum atomic E-state index is -0.512. The van der Waals surface area contributed by atoms with Crippen LogP contribution in [0.2, 0.25) is 0 Å². The van der Waals surface area contributed by atoms with Crippen molar-refractivity contribution in [3.63, 3.8) is 0 Å². The molecule has 0 aromatic heterocycles. The number of methoxy groups -OCH3 is 2. The molecule has 0 unspecified atom stereocenters. The van der Waals surface area contributed by atoms with Crippen LogP contribution in [0.3, 0.4) is 0 Å². The first-order valence-corrected chi connectivity index (χ1v) is 15.8. The number of fused-ring (bicyclic) bond motifs is 2. The van der Waals surface area contributed by atoms with Gasteiger partial charge in [-0.15, -0.1) is 0 Å². The molecular formula is C36H45N3O8. The Morgan fingerprint density at radius 3 is 2.21 bits per heavy atom. The molecule has 0 saturated carbocycles. The third-order valence-corrected chi connectivity index (χ3v) is 9.20. The van der Waals surface area contributed by atoms with Crippen LogP contribution in [0.4, 0.5) is 0 Å². The number of hydrogen-bond donors (Lipinski definition) is 2. The van der Waals surface area contributed by atoms with Gasteiger partial charge in [0, 0.05) is 23.9 Å². The van der Waals surface area contributed by atoms with E-state index >= 15 is 0 Å². The summed E-state index contributed by atoms with van der Waals surface area (Å²) in [5, 5.41) is 13.9. The van der Waals surface area contributed by atoms with Gasteiger partial charge in [0.15, 0.2) is 23.0 Å². The van der Waals surface area contributed by atoms with E-state index in [1.807, 2.05) is 36.4 Å². The third kappa shape index (κ3) is 7.41. The zero-order valence-corrected chi connectivity index (χ0v) is 27.9. The number of phenolic OH excluding ortho intramolecular Hbond substituents is 1. The number of hydrogen-bond acceptors (Lipinski definition) is 10. The van der Waals surface area contributed by atoms with Crippen molar-refractivity contribution in [3.05, 3.63) is 76.3 Å². The third-order valence-electron chi connectivity index (χ3n) is 9.20. The first-order chi connectivity index (χ1) is 22.6. The van der Waals surface area contributed by atoms with Gasteiger partial charge < -0.3 is 43.9 Å². The van der Waals surface area contributed by atoms with Gasteiger partial charge in [-0.25, -0.2) is 0 Å². The second-order valence-corrected chi connectivity index (χ2v) is 12.6. The van der Waals surface area contributed by atoms with Crippen LogP contribution in [-0.4, -0.2) is 89.1 Å². The zero-order valence-electron chi connectivity index (χ0n) is 27.9. The van der Waals surface area contributed by atoms with Crippen LogP contribution < -0.4 is 24.3 Å². The van der Waals surface area contributed by atoms with Crippen molar-refractivity contribution < 1.29 is 38.4 Å². The van der Waals surface area contributed by atoms with Gasteiger partial charge in [-0.3, -0.25) is 9.59 Å². The average molecular weight is 648 g/mol. The van der Waals surface area contributed by atoms with Crippen molar-refractivity contribution in [2.75, 3.05) is 61.9 Å². The molecule has 5 rings (SSSR count). The molecule has 0 radical (unpaired) electrons. The Morgan fingerprint density at radius 1 is 0.979 bits per heavy atom. The monoisotopic (exact) mass is 647 g/mol. The summed E-state index contributed by atoms with van der Waals surface area (Å²) in [6, 6.07) is 14.6. The molecule has 0 fully saturated rings. The Kier molecular flexibility index (Phi) is 10.8. The van der Waals surface area contributed by atoms with Crippen LogP contribution >= 0.6 is 0 Å². The Balaban J connectivity index is 1.47. The summed E-state index contributed by atoms with van der Waals surface area (Å²) in [5.41, 5.74) is 4.22. The van der Waals surface area contributed by atoms with Crippen LogP contribution in [0.5, 0.6) is 28.7 Å². The maximum atomic E-state index is 13.8. The number of phenols is 1. The molecule has 3 aromatic carbocycles. The molecule has 2 N–H and O–H groups in total. The topological polar surface area (TPSA) is 119 Å². The Morgan fingerprint density at radius 2 is 1.62 bits per heavy atom. The first-order valence-electron chi connectivity index (χ1n) is 15.8. The second-order valence-electron chi connectivity index (χ2n) is 12.6. The molecule has 2 aliphatic rings. The van der Waals surface area contributed by atoms with Crippen LogP contribution in [0.15, 0.2) is 48.5 Å². The van der Waals surface area contributed by atoms with Crippen molar-refractivity contribution in [3.8, 4) is 28.7 Å². The molecular weight excluding hydrogens is 602 g/mol. The maximum Gasteiger partial charge on any atom is 0.293 e. The van der Waals surface area contributed by atoms with E-state index < -0.39 is 6.04 Å². The van der Waals surface area contributed by atoms with Gasteiger partial charge in [0.1, 0.15) is 0 Å². The van der Waals surface area contributed by atoms with Crippen LogP contribution in [0.25, 0.3) is 0 Å². The summed E-state index contributed by atoms with van der Waals surface area (Å²) in [4.78, 5) is 29.7. The van der Waals surface area contributed by atoms with Gasteiger partial charge in [-0.05, 0) is 105 Å².